The Morgan fingerprint density at radius 1 is 1.36 bits per heavy atom. The van der Waals surface area contributed by atoms with Crippen molar-refractivity contribution in [1.82, 2.24) is 5.32 Å². The minimum Gasteiger partial charge on any atom is -0.478 e. The number of anilines is 1. The third-order valence-electron chi connectivity index (χ3n) is 3.99. The lowest BCUT2D eigenvalue weighted by atomic mass is 9.99. The molecule has 5 heteroatoms. The first-order valence-corrected chi connectivity index (χ1v) is 7.40. The third-order valence-corrected chi connectivity index (χ3v) is 3.99. The summed E-state index contributed by atoms with van der Waals surface area (Å²) < 4.78 is 0. The number of rotatable bonds is 3. The van der Waals surface area contributed by atoms with Crippen molar-refractivity contribution in [3.05, 3.63) is 54.3 Å². The quantitative estimate of drug-likeness (QED) is 0.900. The predicted octanol–water partition coefficient (Wildman–Crippen LogP) is 2.53. The van der Waals surface area contributed by atoms with Gasteiger partial charge in [0.15, 0.2) is 5.66 Å². The number of aliphatic carboxylic acids is 1. The highest BCUT2D eigenvalue weighted by molar-refractivity contribution is 6.01. The number of benzene rings is 1. The van der Waals surface area contributed by atoms with Crippen molar-refractivity contribution in [2.75, 3.05) is 11.4 Å². The minimum absolute atomic E-state index is 0.252. The summed E-state index contributed by atoms with van der Waals surface area (Å²) in [6.07, 6.45) is 6.90. The van der Waals surface area contributed by atoms with E-state index in [-0.39, 0.29) is 5.57 Å². The monoisotopic (exact) mass is 297 g/mol. The first-order valence-electron chi connectivity index (χ1n) is 7.40. The maximum absolute atomic E-state index is 11.5. The number of allylic oxidation sites excluding steroid dienone is 2. The lowest BCUT2D eigenvalue weighted by Gasteiger charge is -2.31. The lowest BCUT2D eigenvalue weighted by Crippen LogP contribution is -2.45. The van der Waals surface area contributed by atoms with Gasteiger partial charge in [0.1, 0.15) is 5.84 Å². The number of nitrogens with zero attached hydrogens (tertiary/aromatic N) is 2. The summed E-state index contributed by atoms with van der Waals surface area (Å²) in [5, 5.41) is 12.5. The molecular weight excluding hydrogens is 278 g/mol. The Bertz CT molecular complexity index is 664. The van der Waals surface area contributed by atoms with Crippen molar-refractivity contribution < 1.29 is 9.90 Å². The molecule has 114 valence electrons. The molecule has 2 aliphatic rings. The summed E-state index contributed by atoms with van der Waals surface area (Å²) >= 11 is 0. The number of amidine groups is 1. The van der Waals surface area contributed by atoms with Gasteiger partial charge in [0.25, 0.3) is 0 Å². The summed E-state index contributed by atoms with van der Waals surface area (Å²) in [6, 6.07) is 10.1. The highest BCUT2D eigenvalue weighted by Gasteiger charge is 2.35. The Kier molecular flexibility index (Phi) is 3.71. The average molecular weight is 297 g/mol. The van der Waals surface area contributed by atoms with Crippen LogP contribution < -0.4 is 10.2 Å². The molecule has 1 atom stereocenters. The molecule has 0 aliphatic carbocycles. The van der Waals surface area contributed by atoms with E-state index in [0.29, 0.717) is 0 Å². The van der Waals surface area contributed by atoms with Crippen molar-refractivity contribution >= 4 is 17.5 Å². The molecule has 2 N–H and O–H groups in total. The fourth-order valence-corrected chi connectivity index (χ4v) is 2.89. The van der Waals surface area contributed by atoms with Gasteiger partial charge in [-0.1, -0.05) is 18.2 Å². The van der Waals surface area contributed by atoms with Gasteiger partial charge in [-0.25, -0.2) is 9.79 Å². The second kappa shape index (κ2) is 5.67. The molecule has 2 heterocycles. The molecule has 0 aromatic heterocycles. The van der Waals surface area contributed by atoms with Crippen LogP contribution in [0.5, 0.6) is 0 Å². The van der Waals surface area contributed by atoms with E-state index in [0.717, 1.165) is 30.9 Å². The number of hydrogen-bond acceptors (Lipinski definition) is 3. The summed E-state index contributed by atoms with van der Waals surface area (Å²) in [4.78, 5) is 18.4. The van der Waals surface area contributed by atoms with Gasteiger partial charge in [-0.15, -0.1) is 0 Å². The maximum atomic E-state index is 11.5. The van der Waals surface area contributed by atoms with Gasteiger partial charge in [0, 0.05) is 18.7 Å². The summed E-state index contributed by atoms with van der Waals surface area (Å²) in [6.45, 7) is 2.70. The predicted molar refractivity (Wildman–Crippen MR) is 86.9 cm³/mol. The molecule has 0 amide bonds. The van der Waals surface area contributed by atoms with Crippen molar-refractivity contribution in [2.24, 2.45) is 4.99 Å². The van der Waals surface area contributed by atoms with Crippen LogP contribution in [-0.2, 0) is 4.79 Å². The maximum Gasteiger partial charge on any atom is 0.335 e. The van der Waals surface area contributed by atoms with Crippen molar-refractivity contribution in [3.8, 4) is 0 Å². The SMILES string of the molecule is CC1(N=C2CCCN2c2ccccc2)NC=CC=C1C(=O)O. The van der Waals surface area contributed by atoms with Crippen molar-refractivity contribution in [2.45, 2.75) is 25.4 Å². The molecule has 2 aliphatic heterocycles. The van der Waals surface area contributed by atoms with Crippen LogP contribution in [0.2, 0.25) is 0 Å². The first-order chi connectivity index (χ1) is 10.6. The van der Waals surface area contributed by atoms with Crippen LogP contribution in [0.4, 0.5) is 5.69 Å². The molecule has 1 aromatic rings. The van der Waals surface area contributed by atoms with Gasteiger partial charge < -0.3 is 15.3 Å². The molecule has 0 radical (unpaired) electrons. The van der Waals surface area contributed by atoms with Gasteiger partial charge in [-0.3, -0.25) is 0 Å². The van der Waals surface area contributed by atoms with Crippen molar-refractivity contribution in [1.29, 1.82) is 0 Å². The first kappa shape index (κ1) is 14.4. The van der Waals surface area contributed by atoms with Crippen LogP contribution in [-0.4, -0.2) is 29.1 Å². The standard InChI is InChI=1S/C17H19N3O2/c1-17(14(16(21)22)9-5-11-18-17)19-15-10-6-12-20(15)13-7-3-2-4-8-13/h2-5,7-9,11,18H,6,10,12H2,1H3,(H,21,22). The van der Waals surface area contributed by atoms with Crippen LogP contribution >= 0.6 is 0 Å². The molecule has 0 saturated carbocycles. The Labute approximate surface area is 129 Å². The molecule has 3 rings (SSSR count). The lowest BCUT2D eigenvalue weighted by molar-refractivity contribution is -0.133. The number of nitrogens with one attached hydrogen (secondary N) is 1. The highest BCUT2D eigenvalue weighted by atomic mass is 16.4. The highest BCUT2D eigenvalue weighted by Crippen LogP contribution is 2.27. The van der Waals surface area contributed by atoms with Crippen molar-refractivity contribution in [3.63, 3.8) is 0 Å². The zero-order chi connectivity index (χ0) is 15.6. The smallest absolute Gasteiger partial charge is 0.335 e. The Balaban J connectivity index is 1.95. The largest absolute Gasteiger partial charge is 0.478 e. The van der Waals surface area contributed by atoms with E-state index < -0.39 is 11.6 Å². The van der Waals surface area contributed by atoms with Crippen LogP contribution in [0, 0.1) is 0 Å². The minimum atomic E-state index is -0.951. The van der Waals surface area contributed by atoms with Gasteiger partial charge in [-0.2, -0.15) is 0 Å². The van der Waals surface area contributed by atoms with Crippen LogP contribution in [0.25, 0.3) is 0 Å². The van der Waals surface area contributed by atoms with Gasteiger partial charge in [-0.05, 0) is 43.8 Å². The molecule has 1 unspecified atom stereocenters. The Hall–Kier alpha value is -2.56. The fourth-order valence-electron chi connectivity index (χ4n) is 2.89. The van der Waals surface area contributed by atoms with Crippen LogP contribution in [0.1, 0.15) is 19.8 Å². The van der Waals surface area contributed by atoms with Gasteiger partial charge in [0.05, 0.1) is 5.57 Å². The molecule has 1 saturated heterocycles. The Morgan fingerprint density at radius 3 is 2.86 bits per heavy atom. The molecule has 22 heavy (non-hydrogen) atoms. The molecule has 1 fully saturated rings. The van der Waals surface area contributed by atoms with Gasteiger partial charge in [0.2, 0.25) is 0 Å². The summed E-state index contributed by atoms with van der Waals surface area (Å²) in [7, 11) is 0. The average Bonchev–Trinajstić information content (AvgIpc) is 2.95. The van der Waals surface area contributed by atoms with Gasteiger partial charge >= 0.3 is 5.97 Å². The van der Waals surface area contributed by atoms with E-state index in [9.17, 15) is 9.90 Å². The van der Waals surface area contributed by atoms with E-state index in [1.807, 2.05) is 30.3 Å². The molecule has 0 bridgehead atoms. The third kappa shape index (κ3) is 2.62. The van der Waals surface area contributed by atoms with E-state index >= 15 is 0 Å². The van der Waals surface area contributed by atoms with E-state index in [4.69, 9.17) is 4.99 Å². The topological polar surface area (TPSA) is 64.9 Å². The number of dihydropyridines is 1. The van der Waals surface area contributed by atoms with Crippen LogP contribution in [0.15, 0.2) is 59.2 Å². The molecule has 0 spiro atoms. The zero-order valence-corrected chi connectivity index (χ0v) is 12.5. The summed E-state index contributed by atoms with van der Waals surface area (Å²) in [5.41, 5.74) is 0.407. The number of carbonyl (C=O) groups is 1. The number of carboxylic acids is 1. The molecular formula is C17H19N3O2. The summed E-state index contributed by atoms with van der Waals surface area (Å²) in [5.74, 6) is -0.0309. The van der Waals surface area contributed by atoms with E-state index in [2.05, 4.69) is 10.2 Å². The second-order valence-electron chi connectivity index (χ2n) is 5.58. The van der Waals surface area contributed by atoms with E-state index in [1.165, 1.54) is 0 Å². The normalized spacial score (nSPS) is 26.0. The Morgan fingerprint density at radius 2 is 2.14 bits per heavy atom. The second-order valence-corrected chi connectivity index (χ2v) is 5.58. The number of carboxylic acid groups (broad SMARTS) is 1. The van der Waals surface area contributed by atoms with E-state index in [1.54, 1.807) is 25.3 Å². The molecule has 5 nitrogen and oxygen atoms in total. The van der Waals surface area contributed by atoms with Crippen LogP contribution in [0.3, 0.4) is 0 Å². The fraction of sp³-hybridized carbons (Fsp3) is 0.294. The zero-order valence-electron chi connectivity index (χ0n) is 12.5. The molecule has 1 aromatic carbocycles. The number of aliphatic imine (C=N–C) groups is 1. The number of para-hydroxylation sites is 1. The number of hydrogen-bond donors (Lipinski definition) is 2.